The van der Waals surface area contributed by atoms with Crippen molar-refractivity contribution in [1.29, 1.82) is 0 Å². The third-order valence-electron chi connectivity index (χ3n) is 6.35. The second kappa shape index (κ2) is 11.2. The third kappa shape index (κ3) is 6.07. The Hall–Kier alpha value is -3.53. The largest absolute Gasteiger partial charge is 0.417 e. The smallest absolute Gasteiger partial charge is 0.395 e. The summed E-state index contributed by atoms with van der Waals surface area (Å²) in [6, 6.07) is 18.2. The van der Waals surface area contributed by atoms with Gasteiger partial charge in [0.15, 0.2) is 0 Å². The van der Waals surface area contributed by atoms with E-state index in [4.69, 9.17) is 9.26 Å². The molecule has 9 heteroatoms. The van der Waals surface area contributed by atoms with E-state index < -0.39 is 11.7 Å². The Morgan fingerprint density at radius 2 is 1.70 bits per heavy atom. The highest BCUT2D eigenvalue weighted by atomic mass is 19.4. The molecule has 4 aromatic rings. The molecule has 2 unspecified atom stereocenters. The number of benzene rings is 3. The van der Waals surface area contributed by atoms with Crippen molar-refractivity contribution >= 4 is 0 Å². The molecule has 0 saturated carbocycles. The molecule has 0 saturated heterocycles. The van der Waals surface area contributed by atoms with Gasteiger partial charge in [0.05, 0.1) is 24.3 Å². The number of aliphatic hydroxyl groups is 1. The minimum Gasteiger partial charge on any atom is -0.395 e. The number of aliphatic hydroxyl groups excluding tert-OH is 1. The van der Waals surface area contributed by atoms with Gasteiger partial charge in [0.1, 0.15) is 0 Å². The topological polar surface area (TPSA) is 80.4 Å². The third-order valence-corrected chi connectivity index (χ3v) is 6.35. The first-order valence-electron chi connectivity index (χ1n) is 11.8. The van der Waals surface area contributed by atoms with Gasteiger partial charge in [0.25, 0.3) is 5.89 Å². The number of methoxy groups -OCH3 is 1. The van der Waals surface area contributed by atoms with Crippen LogP contribution in [0.2, 0.25) is 0 Å². The molecule has 0 aliphatic heterocycles. The van der Waals surface area contributed by atoms with Gasteiger partial charge < -0.3 is 19.7 Å². The quantitative estimate of drug-likeness (QED) is 0.292. The minimum atomic E-state index is -4.56. The monoisotopic (exact) mass is 511 g/mol. The van der Waals surface area contributed by atoms with Gasteiger partial charge in [-0.25, -0.2) is 0 Å². The maximum atomic E-state index is 14.0. The van der Waals surface area contributed by atoms with Crippen molar-refractivity contribution in [2.75, 3.05) is 13.7 Å². The fraction of sp³-hybridized carbons (Fsp3) is 0.286. The van der Waals surface area contributed by atoms with Crippen LogP contribution >= 0.6 is 0 Å². The van der Waals surface area contributed by atoms with Crippen molar-refractivity contribution in [2.24, 2.45) is 0 Å². The highest BCUT2D eigenvalue weighted by molar-refractivity contribution is 5.74. The van der Waals surface area contributed by atoms with E-state index in [9.17, 15) is 18.3 Å². The van der Waals surface area contributed by atoms with Crippen molar-refractivity contribution in [3.63, 3.8) is 0 Å². The highest BCUT2D eigenvalue weighted by Crippen LogP contribution is 2.40. The highest BCUT2D eigenvalue weighted by Gasteiger charge is 2.34. The summed E-state index contributed by atoms with van der Waals surface area (Å²) in [6.45, 7) is 4.11. The molecule has 4 rings (SSSR count). The molecule has 0 aliphatic carbocycles. The Kier molecular flexibility index (Phi) is 8.06. The molecule has 2 N–H and O–H groups in total. The number of nitrogens with zero attached hydrogens (tertiary/aromatic N) is 2. The van der Waals surface area contributed by atoms with Crippen LogP contribution in [0.5, 0.6) is 0 Å². The number of halogens is 3. The summed E-state index contributed by atoms with van der Waals surface area (Å²) in [4.78, 5) is 4.33. The van der Waals surface area contributed by atoms with Crippen LogP contribution < -0.4 is 5.32 Å². The molecule has 2 atom stereocenters. The molecule has 37 heavy (non-hydrogen) atoms. The maximum absolute atomic E-state index is 14.0. The molecular weight excluding hydrogens is 483 g/mol. The lowest BCUT2D eigenvalue weighted by atomic mass is 9.94. The lowest BCUT2D eigenvalue weighted by molar-refractivity contribution is -0.137. The number of nitrogens with one attached hydrogen (secondary N) is 1. The summed E-state index contributed by atoms with van der Waals surface area (Å²) >= 11 is 0. The average Bonchev–Trinajstić information content (AvgIpc) is 3.39. The molecule has 0 bridgehead atoms. The summed E-state index contributed by atoms with van der Waals surface area (Å²) in [5.74, 6) is 0.272. The van der Waals surface area contributed by atoms with E-state index >= 15 is 0 Å². The van der Waals surface area contributed by atoms with Gasteiger partial charge in [-0.15, -0.1) is 0 Å². The van der Waals surface area contributed by atoms with Gasteiger partial charge in [-0.2, -0.15) is 18.2 Å². The fourth-order valence-electron chi connectivity index (χ4n) is 4.04. The minimum absolute atomic E-state index is 0.00178. The van der Waals surface area contributed by atoms with E-state index in [1.54, 1.807) is 44.4 Å². The van der Waals surface area contributed by atoms with Crippen molar-refractivity contribution in [1.82, 2.24) is 15.5 Å². The lowest BCUT2D eigenvalue weighted by Gasteiger charge is -2.22. The molecule has 0 radical (unpaired) electrons. The Labute approximate surface area is 213 Å². The molecule has 3 aromatic carbocycles. The molecular formula is C28H28F3N3O3. The van der Waals surface area contributed by atoms with E-state index in [1.807, 2.05) is 31.2 Å². The molecule has 194 valence electrons. The Morgan fingerprint density at radius 3 is 2.35 bits per heavy atom. The number of hydrogen-bond acceptors (Lipinski definition) is 6. The number of alkyl halides is 3. The second-order valence-electron chi connectivity index (χ2n) is 8.80. The molecule has 0 spiro atoms. The average molecular weight is 512 g/mol. The van der Waals surface area contributed by atoms with Crippen molar-refractivity contribution < 1.29 is 27.5 Å². The van der Waals surface area contributed by atoms with Gasteiger partial charge in [0, 0.05) is 24.8 Å². The summed E-state index contributed by atoms with van der Waals surface area (Å²) in [6.07, 6.45) is -4.71. The van der Waals surface area contributed by atoms with Crippen LogP contribution in [-0.4, -0.2) is 41.1 Å². The van der Waals surface area contributed by atoms with E-state index in [-0.39, 0.29) is 41.6 Å². The van der Waals surface area contributed by atoms with Crippen LogP contribution in [0.4, 0.5) is 13.2 Å². The Balaban J connectivity index is 1.56. The van der Waals surface area contributed by atoms with Crippen molar-refractivity contribution in [2.45, 2.75) is 38.7 Å². The maximum Gasteiger partial charge on any atom is 0.417 e. The van der Waals surface area contributed by atoms with Crippen molar-refractivity contribution in [3.8, 4) is 34.0 Å². The first-order valence-corrected chi connectivity index (χ1v) is 11.8. The molecule has 6 nitrogen and oxygen atoms in total. The number of ether oxygens (including phenoxy) is 1. The summed E-state index contributed by atoms with van der Waals surface area (Å²) < 4.78 is 52.5. The van der Waals surface area contributed by atoms with E-state index in [0.717, 1.165) is 17.2 Å². The summed E-state index contributed by atoms with van der Waals surface area (Å²) in [7, 11) is 1.59. The van der Waals surface area contributed by atoms with E-state index in [0.29, 0.717) is 17.7 Å². The Morgan fingerprint density at radius 1 is 1.00 bits per heavy atom. The predicted molar refractivity (Wildman–Crippen MR) is 135 cm³/mol. The van der Waals surface area contributed by atoms with Gasteiger partial charge in [-0.05, 0) is 48.2 Å². The van der Waals surface area contributed by atoms with E-state index in [1.165, 1.54) is 6.07 Å². The summed E-state index contributed by atoms with van der Waals surface area (Å²) in [5.41, 5.74) is 2.42. The number of aromatic nitrogens is 2. The summed E-state index contributed by atoms with van der Waals surface area (Å²) in [5, 5.41) is 16.7. The zero-order chi connectivity index (χ0) is 26.6. The van der Waals surface area contributed by atoms with Crippen LogP contribution in [0.15, 0.2) is 71.3 Å². The van der Waals surface area contributed by atoms with Crippen LogP contribution in [-0.2, 0) is 17.5 Å². The van der Waals surface area contributed by atoms with Gasteiger partial charge in [0.2, 0.25) is 5.82 Å². The zero-order valence-electron chi connectivity index (χ0n) is 20.7. The first-order chi connectivity index (χ1) is 17.7. The zero-order valence-corrected chi connectivity index (χ0v) is 20.7. The number of hydrogen-bond donors (Lipinski definition) is 2. The van der Waals surface area contributed by atoms with Gasteiger partial charge in [-0.3, -0.25) is 0 Å². The van der Waals surface area contributed by atoms with E-state index in [2.05, 4.69) is 15.5 Å². The van der Waals surface area contributed by atoms with Crippen LogP contribution in [0.25, 0.3) is 34.0 Å². The first kappa shape index (κ1) is 26.5. The Bertz CT molecular complexity index is 1340. The van der Waals surface area contributed by atoms with Gasteiger partial charge >= 0.3 is 6.18 Å². The predicted octanol–water partition coefficient (Wildman–Crippen LogP) is 5.88. The SMILES string of the molecule is COC(C)C(CO)NCc1ccc(-c2noc(-c3ccc(-c4ccccc4C)c(C(F)(F)F)c3)n2)cc1. The fourth-order valence-corrected chi connectivity index (χ4v) is 4.04. The van der Waals surface area contributed by atoms with Crippen LogP contribution in [0.3, 0.4) is 0 Å². The van der Waals surface area contributed by atoms with Crippen molar-refractivity contribution in [3.05, 3.63) is 83.4 Å². The molecule has 0 fully saturated rings. The van der Waals surface area contributed by atoms with Crippen LogP contribution in [0.1, 0.15) is 23.6 Å². The number of rotatable bonds is 9. The van der Waals surface area contributed by atoms with Crippen LogP contribution in [0, 0.1) is 6.92 Å². The van der Waals surface area contributed by atoms with Gasteiger partial charge in [-0.1, -0.05) is 59.8 Å². The molecule has 0 aliphatic rings. The molecule has 1 aromatic heterocycles. The second-order valence-corrected chi connectivity index (χ2v) is 8.80. The normalized spacial score (nSPS) is 13.5. The lowest BCUT2D eigenvalue weighted by Crippen LogP contribution is -2.41. The molecule has 0 amide bonds. The standard InChI is InChI=1S/C28H28F3N3O3/c1-17-6-4-5-7-22(17)23-13-12-21(14-24(23)28(29,30)31)27-33-26(34-37-27)20-10-8-19(9-11-20)15-32-25(16-35)18(2)36-3/h4-14,18,25,32,35H,15-16H2,1-3H3. The number of aryl methyl sites for hydroxylation is 1. The molecule has 1 heterocycles.